The van der Waals surface area contributed by atoms with Crippen molar-refractivity contribution in [2.45, 2.75) is 32.7 Å². The van der Waals surface area contributed by atoms with Gasteiger partial charge < -0.3 is 10.6 Å². The van der Waals surface area contributed by atoms with Gasteiger partial charge in [0.1, 0.15) is 0 Å². The fourth-order valence-corrected chi connectivity index (χ4v) is 2.67. The first-order valence-electron chi connectivity index (χ1n) is 6.82. The number of carbonyl (C=O) groups is 1. The zero-order valence-corrected chi connectivity index (χ0v) is 11.9. The number of H-pyrrole nitrogens is 1. The smallest absolute Gasteiger partial charge is 0.238 e. The van der Waals surface area contributed by atoms with Crippen LogP contribution in [-0.2, 0) is 4.79 Å². The van der Waals surface area contributed by atoms with Gasteiger partial charge in [-0.25, -0.2) is 0 Å². The summed E-state index contributed by atoms with van der Waals surface area (Å²) in [5.41, 5.74) is 2.55. The highest BCUT2D eigenvalue weighted by Gasteiger charge is 2.25. The van der Waals surface area contributed by atoms with E-state index in [1.165, 1.54) is 6.42 Å². The Bertz CT molecular complexity index is 423. The standard InChI is InChI=1S/C13H23N5O/c1-9-13(10(2)17-16-9)15-12(19)8-18-6-4-5-11(18)7-14-3/h11,14H,4-8H2,1-3H3,(H,15,19)(H,16,17). The number of carbonyl (C=O) groups excluding carboxylic acids is 1. The molecule has 1 amide bonds. The molecule has 1 aromatic heterocycles. The van der Waals surface area contributed by atoms with Gasteiger partial charge in [0.25, 0.3) is 0 Å². The van der Waals surface area contributed by atoms with Gasteiger partial charge in [-0.15, -0.1) is 0 Å². The van der Waals surface area contributed by atoms with Crippen LogP contribution in [0.4, 0.5) is 5.69 Å². The highest BCUT2D eigenvalue weighted by atomic mass is 16.2. The van der Waals surface area contributed by atoms with E-state index in [0.717, 1.165) is 36.6 Å². The minimum absolute atomic E-state index is 0.0376. The second kappa shape index (κ2) is 6.16. The zero-order valence-electron chi connectivity index (χ0n) is 11.9. The number of aryl methyl sites for hydroxylation is 2. The van der Waals surface area contributed by atoms with Crippen LogP contribution in [0.1, 0.15) is 24.2 Å². The van der Waals surface area contributed by atoms with Gasteiger partial charge in [-0.1, -0.05) is 0 Å². The first-order chi connectivity index (χ1) is 9.11. The van der Waals surface area contributed by atoms with E-state index in [1.807, 2.05) is 20.9 Å². The van der Waals surface area contributed by atoms with Crippen molar-refractivity contribution < 1.29 is 4.79 Å². The maximum absolute atomic E-state index is 12.1. The molecule has 1 atom stereocenters. The van der Waals surface area contributed by atoms with Gasteiger partial charge in [0.15, 0.2) is 0 Å². The molecule has 1 unspecified atom stereocenters. The Morgan fingerprint density at radius 3 is 2.95 bits per heavy atom. The van der Waals surface area contributed by atoms with Gasteiger partial charge in [-0.05, 0) is 40.3 Å². The average molecular weight is 265 g/mol. The molecule has 0 aromatic carbocycles. The Labute approximate surface area is 113 Å². The predicted molar refractivity (Wildman–Crippen MR) is 75.2 cm³/mol. The summed E-state index contributed by atoms with van der Waals surface area (Å²) in [7, 11) is 1.95. The number of likely N-dealkylation sites (N-methyl/N-ethyl adjacent to an activating group) is 1. The van der Waals surface area contributed by atoms with Gasteiger partial charge >= 0.3 is 0 Å². The molecule has 0 bridgehead atoms. The minimum atomic E-state index is 0.0376. The summed E-state index contributed by atoms with van der Waals surface area (Å²) in [6, 6.07) is 0.474. The number of aromatic nitrogens is 2. The van der Waals surface area contributed by atoms with Crippen molar-refractivity contribution in [1.82, 2.24) is 20.4 Å². The maximum atomic E-state index is 12.1. The lowest BCUT2D eigenvalue weighted by atomic mass is 10.2. The van der Waals surface area contributed by atoms with Gasteiger partial charge in [0.05, 0.1) is 23.6 Å². The molecule has 6 nitrogen and oxygen atoms in total. The van der Waals surface area contributed by atoms with Gasteiger partial charge in [-0.2, -0.15) is 5.10 Å². The van der Waals surface area contributed by atoms with E-state index in [0.29, 0.717) is 12.6 Å². The summed E-state index contributed by atoms with van der Waals surface area (Å²) in [4.78, 5) is 14.4. The average Bonchev–Trinajstić information content (AvgIpc) is 2.92. The number of aromatic amines is 1. The van der Waals surface area contributed by atoms with Crippen LogP contribution >= 0.6 is 0 Å². The predicted octanol–water partition coefficient (Wildman–Crippen LogP) is 0.649. The topological polar surface area (TPSA) is 73.1 Å². The van der Waals surface area contributed by atoms with Crippen molar-refractivity contribution in [3.05, 3.63) is 11.4 Å². The summed E-state index contributed by atoms with van der Waals surface area (Å²) in [5.74, 6) is 0.0376. The van der Waals surface area contributed by atoms with Crippen molar-refractivity contribution in [1.29, 1.82) is 0 Å². The van der Waals surface area contributed by atoms with Crippen LogP contribution in [0.15, 0.2) is 0 Å². The fourth-order valence-electron chi connectivity index (χ4n) is 2.67. The van der Waals surface area contributed by atoms with Crippen LogP contribution in [0, 0.1) is 13.8 Å². The van der Waals surface area contributed by atoms with E-state index in [-0.39, 0.29) is 5.91 Å². The van der Waals surface area contributed by atoms with E-state index in [1.54, 1.807) is 0 Å². The highest BCUT2D eigenvalue weighted by Crippen LogP contribution is 2.18. The molecule has 1 aliphatic heterocycles. The number of likely N-dealkylation sites (tertiary alicyclic amines) is 1. The van der Waals surface area contributed by atoms with E-state index in [4.69, 9.17) is 0 Å². The lowest BCUT2D eigenvalue weighted by Crippen LogP contribution is -2.41. The molecule has 0 radical (unpaired) electrons. The minimum Gasteiger partial charge on any atom is -0.322 e. The Hall–Kier alpha value is -1.40. The third-order valence-corrected chi connectivity index (χ3v) is 3.68. The largest absolute Gasteiger partial charge is 0.322 e. The molecule has 1 aliphatic rings. The molecule has 0 saturated carbocycles. The molecule has 106 valence electrons. The van der Waals surface area contributed by atoms with Crippen LogP contribution in [0.25, 0.3) is 0 Å². The number of amides is 1. The lowest BCUT2D eigenvalue weighted by Gasteiger charge is -2.23. The SMILES string of the molecule is CNCC1CCCN1CC(=O)Nc1c(C)n[nH]c1C. The molecule has 3 N–H and O–H groups in total. The summed E-state index contributed by atoms with van der Waals surface area (Å²) < 4.78 is 0. The molecule has 0 aliphatic carbocycles. The molecule has 1 fully saturated rings. The van der Waals surface area contributed by atoms with Gasteiger partial charge in [-0.3, -0.25) is 14.8 Å². The van der Waals surface area contributed by atoms with Crippen LogP contribution in [0.2, 0.25) is 0 Å². The van der Waals surface area contributed by atoms with Crippen molar-refractivity contribution in [2.75, 3.05) is 32.0 Å². The second-order valence-electron chi connectivity index (χ2n) is 5.18. The number of nitrogens with zero attached hydrogens (tertiary/aromatic N) is 2. The third-order valence-electron chi connectivity index (χ3n) is 3.68. The van der Waals surface area contributed by atoms with Gasteiger partial charge in [0, 0.05) is 12.6 Å². The van der Waals surface area contributed by atoms with Crippen molar-refractivity contribution in [3.63, 3.8) is 0 Å². The molecule has 0 spiro atoms. The van der Waals surface area contributed by atoms with Crippen LogP contribution in [0.5, 0.6) is 0 Å². The molecule has 1 aromatic rings. The monoisotopic (exact) mass is 265 g/mol. The van der Waals surface area contributed by atoms with Crippen molar-refractivity contribution >= 4 is 11.6 Å². The molecular formula is C13H23N5O. The maximum Gasteiger partial charge on any atom is 0.238 e. The van der Waals surface area contributed by atoms with Gasteiger partial charge in [0.2, 0.25) is 5.91 Å². The molecule has 2 heterocycles. The van der Waals surface area contributed by atoms with Crippen LogP contribution in [-0.4, -0.2) is 53.7 Å². The van der Waals surface area contributed by atoms with Crippen molar-refractivity contribution in [2.24, 2.45) is 0 Å². The number of hydrogen-bond donors (Lipinski definition) is 3. The molecule has 1 saturated heterocycles. The molecular weight excluding hydrogens is 242 g/mol. The van der Waals surface area contributed by atoms with E-state index in [2.05, 4.69) is 25.7 Å². The molecule has 19 heavy (non-hydrogen) atoms. The Morgan fingerprint density at radius 2 is 2.32 bits per heavy atom. The Kier molecular flexibility index (Phi) is 4.55. The van der Waals surface area contributed by atoms with E-state index < -0.39 is 0 Å². The summed E-state index contributed by atoms with van der Waals surface area (Å²) in [6.07, 6.45) is 2.33. The van der Waals surface area contributed by atoms with Crippen LogP contribution in [0.3, 0.4) is 0 Å². The Morgan fingerprint density at radius 1 is 1.53 bits per heavy atom. The quantitative estimate of drug-likeness (QED) is 0.731. The lowest BCUT2D eigenvalue weighted by molar-refractivity contribution is -0.117. The molecule has 2 rings (SSSR count). The van der Waals surface area contributed by atoms with Crippen molar-refractivity contribution in [3.8, 4) is 0 Å². The number of anilines is 1. The zero-order chi connectivity index (χ0) is 13.8. The first kappa shape index (κ1) is 14.0. The summed E-state index contributed by atoms with van der Waals surface area (Å²) in [6.45, 7) is 6.20. The summed E-state index contributed by atoms with van der Waals surface area (Å²) in [5, 5.41) is 13.1. The number of hydrogen-bond acceptors (Lipinski definition) is 4. The number of rotatable bonds is 5. The number of nitrogens with one attached hydrogen (secondary N) is 3. The summed E-state index contributed by atoms with van der Waals surface area (Å²) >= 11 is 0. The Balaban J connectivity index is 1.91. The third kappa shape index (κ3) is 3.33. The van der Waals surface area contributed by atoms with E-state index >= 15 is 0 Å². The highest BCUT2D eigenvalue weighted by molar-refractivity contribution is 5.93. The molecule has 6 heteroatoms. The van der Waals surface area contributed by atoms with Crippen LogP contribution < -0.4 is 10.6 Å². The fraction of sp³-hybridized carbons (Fsp3) is 0.692. The van der Waals surface area contributed by atoms with E-state index in [9.17, 15) is 4.79 Å². The normalized spacial score (nSPS) is 19.8. The second-order valence-corrected chi connectivity index (χ2v) is 5.18. The first-order valence-corrected chi connectivity index (χ1v) is 6.82.